The zero-order valence-electron chi connectivity index (χ0n) is 13.0. The maximum atomic E-state index is 5.91. The van der Waals surface area contributed by atoms with Crippen LogP contribution < -0.4 is 10.6 Å². The Balaban J connectivity index is 3.21. The molecule has 0 aliphatic heterocycles. The average Bonchev–Trinajstić information content (AvgIpc) is 2.43. The van der Waals surface area contributed by atoms with Gasteiger partial charge in [-0.25, -0.2) is 0 Å². The lowest BCUT2D eigenvalue weighted by atomic mass is 10.0. The molecule has 20 heavy (non-hydrogen) atoms. The molecule has 0 saturated carbocycles. The van der Waals surface area contributed by atoms with E-state index < -0.39 is 0 Å². The molecule has 0 spiro atoms. The second-order valence-corrected chi connectivity index (χ2v) is 5.48. The number of hydrogen-bond acceptors (Lipinski definition) is 3. The number of ether oxygens (including phenoxy) is 1. The molecule has 1 aromatic rings. The fourth-order valence-electron chi connectivity index (χ4n) is 2.52. The summed E-state index contributed by atoms with van der Waals surface area (Å²) in [6.07, 6.45) is 2.18. The van der Waals surface area contributed by atoms with Crippen molar-refractivity contribution >= 4 is 22.9 Å². The van der Waals surface area contributed by atoms with Crippen LogP contribution in [0.5, 0.6) is 0 Å². The Bertz CT molecular complexity index is 444. The van der Waals surface area contributed by atoms with E-state index in [1.807, 2.05) is 0 Å². The van der Waals surface area contributed by atoms with Crippen LogP contribution in [0, 0.1) is 6.92 Å². The minimum atomic E-state index is 0.456. The molecular formula is C16H26N2OS. The number of rotatable bonds is 8. The van der Waals surface area contributed by atoms with Gasteiger partial charge in [0.2, 0.25) is 0 Å². The van der Waals surface area contributed by atoms with Crippen LogP contribution in [0.25, 0.3) is 0 Å². The molecule has 4 heteroatoms. The number of benzene rings is 1. The minimum Gasteiger partial charge on any atom is -0.389 e. The molecule has 2 N–H and O–H groups in total. The molecule has 0 bridgehead atoms. The summed E-state index contributed by atoms with van der Waals surface area (Å²) in [4.78, 5) is 2.83. The third-order valence-corrected chi connectivity index (χ3v) is 3.87. The summed E-state index contributed by atoms with van der Waals surface area (Å²) < 4.78 is 5.25. The number of nitrogens with zero attached hydrogens (tertiary/aromatic N) is 1. The van der Waals surface area contributed by atoms with Gasteiger partial charge in [-0.1, -0.05) is 37.7 Å². The van der Waals surface area contributed by atoms with Crippen molar-refractivity contribution in [1.29, 1.82) is 0 Å². The first-order chi connectivity index (χ1) is 9.54. The SMILES string of the molecule is CCC(CC)N(CCOC)c1ccc(C)cc1C(N)=S. The summed E-state index contributed by atoms with van der Waals surface area (Å²) in [6, 6.07) is 6.78. The molecule has 0 aliphatic rings. The molecule has 0 heterocycles. The van der Waals surface area contributed by atoms with E-state index in [1.165, 1.54) is 5.56 Å². The summed E-state index contributed by atoms with van der Waals surface area (Å²) in [5.74, 6) is 0. The van der Waals surface area contributed by atoms with Gasteiger partial charge >= 0.3 is 0 Å². The largest absolute Gasteiger partial charge is 0.389 e. The van der Waals surface area contributed by atoms with Crippen molar-refractivity contribution in [3.63, 3.8) is 0 Å². The highest BCUT2D eigenvalue weighted by Crippen LogP contribution is 2.26. The molecule has 0 atom stereocenters. The van der Waals surface area contributed by atoms with Crippen molar-refractivity contribution in [2.75, 3.05) is 25.2 Å². The normalized spacial score (nSPS) is 10.8. The van der Waals surface area contributed by atoms with Gasteiger partial charge in [0.1, 0.15) is 4.99 Å². The fourth-order valence-corrected chi connectivity index (χ4v) is 2.68. The molecule has 0 aromatic heterocycles. The van der Waals surface area contributed by atoms with E-state index in [2.05, 4.69) is 43.9 Å². The van der Waals surface area contributed by atoms with E-state index in [9.17, 15) is 0 Å². The molecule has 1 rings (SSSR count). The monoisotopic (exact) mass is 294 g/mol. The molecule has 0 amide bonds. The first kappa shape index (κ1) is 16.9. The summed E-state index contributed by atoms with van der Waals surface area (Å²) in [7, 11) is 1.73. The van der Waals surface area contributed by atoms with Crippen LogP contribution in [0.1, 0.15) is 37.8 Å². The smallest absolute Gasteiger partial charge is 0.106 e. The molecule has 0 aliphatic carbocycles. The van der Waals surface area contributed by atoms with Crippen molar-refractivity contribution in [1.82, 2.24) is 0 Å². The van der Waals surface area contributed by atoms with Crippen molar-refractivity contribution in [2.24, 2.45) is 5.73 Å². The highest BCUT2D eigenvalue weighted by Gasteiger charge is 2.19. The van der Waals surface area contributed by atoms with E-state index in [0.29, 0.717) is 17.6 Å². The third-order valence-electron chi connectivity index (χ3n) is 3.65. The summed E-state index contributed by atoms with van der Waals surface area (Å²) in [5, 5.41) is 0. The van der Waals surface area contributed by atoms with Gasteiger partial charge < -0.3 is 15.4 Å². The predicted octanol–water partition coefficient (Wildman–Crippen LogP) is 3.27. The van der Waals surface area contributed by atoms with Crippen LogP contribution in [-0.4, -0.2) is 31.3 Å². The fraction of sp³-hybridized carbons (Fsp3) is 0.562. The van der Waals surface area contributed by atoms with Crippen LogP contribution in [0.15, 0.2) is 18.2 Å². The lowest BCUT2D eigenvalue weighted by Crippen LogP contribution is -2.38. The maximum Gasteiger partial charge on any atom is 0.106 e. The van der Waals surface area contributed by atoms with Gasteiger partial charge in [-0.2, -0.15) is 0 Å². The quantitative estimate of drug-likeness (QED) is 0.747. The van der Waals surface area contributed by atoms with Gasteiger partial charge in [0, 0.05) is 30.9 Å². The van der Waals surface area contributed by atoms with Crippen LogP contribution in [-0.2, 0) is 4.74 Å². The molecular weight excluding hydrogens is 268 g/mol. The lowest BCUT2D eigenvalue weighted by Gasteiger charge is -2.34. The van der Waals surface area contributed by atoms with E-state index in [4.69, 9.17) is 22.7 Å². The molecule has 112 valence electrons. The molecule has 1 aromatic carbocycles. The zero-order chi connectivity index (χ0) is 15.1. The highest BCUT2D eigenvalue weighted by molar-refractivity contribution is 7.80. The van der Waals surface area contributed by atoms with Gasteiger partial charge in [0.15, 0.2) is 0 Å². The van der Waals surface area contributed by atoms with Gasteiger partial charge in [-0.05, 0) is 31.9 Å². The Morgan fingerprint density at radius 3 is 2.50 bits per heavy atom. The summed E-state index contributed by atoms with van der Waals surface area (Å²) in [5.41, 5.74) is 9.16. The molecule has 0 radical (unpaired) electrons. The minimum absolute atomic E-state index is 0.456. The first-order valence-corrected chi connectivity index (χ1v) is 7.61. The third kappa shape index (κ3) is 4.18. The van der Waals surface area contributed by atoms with E-state index in [-0.39, 0.29) is 0 Å². The van der Waals surface area contributed by atoms with Crippen LogP contribution >= 0.6 is 12.2 Å². The zero-order valence-corrected chi connectivity index (χ0v) is 13.8. The van der Waals surface area contributed by atoms with Gasteiger partial charge in [-0.3, -0.25) is 0 Å². The topological polar surface area (TPSA) is 38.5 Å². The van der Waals surface area contributed by atoms with Crippen molar-refractivity contribution in [3.8, 4) is 0 Å². The second kappa shape index (κ2) is 8.22. The maximum absolute atomic E-state index is 5.91. The van der Waals surface area contributed by atoms with Crippen molar-refractivity contribution < 1.29 is 4.74 Å². The predicted molar refractivity (Wildman–Crippen MR) is 90.7 cm³/mol. The van der Waals surface area contributed by atoms with Crippen molar-refractivity contribution in [3.05, 3.63) is 29.3 Å². The Morgan fingerprint density at radius 2 is 2.00 bits per heavy atom. The van der Waals surface area contributed by atoms with Crippen LogP contribution in [0.3, 0.4) is 0 Å². The van der Waals surface area contributed by atoms with E-state index in [1.54, 1.807) is 7.11 Å². The Hall–Kier alpha value is -1.13. The molecule has 0 saturated heterocycles. The Kier molecular flexibility index (Phi) is 6.96. The standard InChI is InChI=1S/C16H26N2OS/c1-5-13(6-2)18(9-10-19-4)15-8-7-12(3)11-14(15)16(17)20/h7-8,11,13H,5-6,9-10H2,1-4H3,(H2,17,20). The van der Waals surface area contributed by atoms with E-state index in [0.717, 1.165) is 30.6 Å². The number of anilines is 1. The lowest BCUT2D eigenvalue weighted by molar-refractivity contribution is 0.202. The number of methoxy groups -OCH3 is 1. The number of aryl methyl sites for hydroxylation is 1. The molecule has 3 nitrogen and oxygen atoms in total. The molecule has 0 fully saturated rings. The van der Waals surface area contributed by atoms with Gasteiger partial charge in [-0.15, -0.1) is 0 Å². The number of nitrogens with two attached hydrogens (primary N) is 1. The Morgan fingerprint density at radius 1 is 1.35 bits per heavy atom. The van der Waals surface area contributed by atoms with Gasteiger partial charge in [0.25, 0.3) is 0 Å². The van der Waals surface area contributed by atoms with Gasteiger partial charge in [0.05, 0.1) is 6.61 Å². The highest BCUT2D eigenvalue weighted by atomic mass is 32.1. The number of hydrogen-bond donors (Lipinski definition) is 1. The van der Waals surface area contributed by atoms with Crippen LogP contribution in [0.4, 0.5) is 5.69 Å². The Labute approximate surface area is 128 Å². The average molecular weight is 294 g/mol. The number of thiocarbonyl (C=S) groups is 1. The van der Waals surface area contributed by atoms with E-state index >= 15 is 0 Å². The van der Waals surface area contributed by atoms with Crippen molar-refractivity contribution in [2.45, 2.75) is 39.7 Å². The van der Waals surface area contributed by atoms with Crippen LogP contribution in [0.2, 0.25) is 0 Å². The first-order valence-electron chi connectivity index (χ1n) is 7.21. The second-order valence-electron chi connectivity index (χ2n) is 5.04. The summed E-state index contributed by atoms with van der Waals surface area (Å²) >= 11 is 5.22. The summed E-state index contributed by atoms with van der Waals surface area (Å²) in [6.45, 7) is 8.02. The molecule has 0 unspecified atom stereocenters.